The molecule has 1 saturated heterocycles. The average Bonchev–Trinajstić information content (AvgIpc) is 3.06. The first-order valence-electron chi connectivity index (χ1n) is 8.97. The lowest BCUT2D eigenvalue weighted by molar-refractivity contribution is 0.122. The molecule has 0 spiro atoms. The number of nitrogens with zero attached hydrogens (tertiary/aromatic N) is 4. The topological polar surface area (TPSA) is 57.3 Å². The number of morpholine rings is 1. The van der Waals surface area contributed by atoms with Gasteiger partial charge in [0, 0.05) is 61.0 Å². The van der Waals surface area contributed by atoms with Gasteiger partial charge in [0.2, 0.25) is 5.95 Å². The molecule has 6 nitrogen and oxygen atoms in total. The third kappa shape index (κ3) is 2.68. The van der Waals surface area contributed by atoms with E-state index in [9.17, 15) is 4.39 Å². The van der Waals surface area contributed by atoms with Gasteiger partial charge in [0.25, 0.3) is 0 Å². The van der Waals surface area contributed by atoms with Crippen LogP contribution in [0.15, 0.2) is 30.5 Å². The highest BCUT2D eigenvalue weighted by atomic mass is 19.1. The highest BCUT2D eigenvalue weighted by Crippen LogP contribution is 2.30. The maximum Gasteiger partial charge on any atom is 0.227 e. The van der Waals surface area contributed by atoms with Crippen LogP contribution in [0.3, 0.4) is 0 Å². The largest absolute Gasteiger partial charge is 0.378 e. The number of ether oxygens (including phenoxy) is 1. The summed E-state index contributed by atoms with van der Waals surface area (Å²) in [6, 6.07) is 6.88. The minimum atomic E-state index is -0.201. The van der Waals surface area contributed by atoms with Crippen molar-refractivity contribution in [2.24, 2.45) is 0 Å². The summed E-state index contributed by atoms with van der Waals surface area (Å²) in [5, 5.41) is 0.965. The Balaban J connectivity index is 1.45. The number of nitrogens with one attached hydrogen (secondary N) is 1. The molecule has 4 heterocycles. The fourth-order valence-corrected chi connectivity index (χ4v) is 3.81. The van der Waals surface area contributed by atoms with Crippen LogP contribution in [0.25, 0.3) is 10.9 Å². The minimum Gasteiger partial charge on any atom is -0.378 e. The van der Waals surface area contributed by atoms with E-state index in [-0.39, 0.29) is 5.82 Å². The van der Waals surface area contributed by atoms with Crippen molar-refractivity contribution in [1.82, 2.24) is 15.0 Å². The molecule has 0 radical (unpaired) electrons. The monoisotopic (exact) mass is 353 g/mol. The summed E-state index contributed by atoms with van der Waals surface area (Å²) < 4.78 is 19.1. The number of hydrogen-bond donors (Lipinski definition) is 1. The molecule has 1 fully saturated rings. The molecule has 7 heteroatoms. The normalized spacial score (nSPS) is 17.6. The zero-order chi connectivity index (χ0) is 17.5. The molecular weight excluding hydrogens is 333 g/mol. The molecule has 0 unspecified atom stereocenters. The number of hydrogen-bond acceptors (Lipinski definition) is 5. The number of aromatic amines is 1. The highest BCUT2D eigenvalue weighted by molar-refractivity contribution is 5.85. The summed E-state index contributed by atoms with van der Waals surface area (Å²) in [7, 11) is 0. The van der Waals surface area contributed by atoms with Gasteiger partial charge in [-0.05, 0) is 24.3 Å². The lowest BCUT2D eigenvalue weighted by atomic mass is 10.0. The second-order valence-electron chi connectivity index (χ2n) is 6.76. The van der Waals surface area contributed by atoms with Gasteiger partial charge in [-0.3, -0.25) is 0 Å². The van der Waals surface area contributed by atoms with Crippen molar-refractivity contribution in [1.29, 1.82) is 0 Å². The van der Waals surface area contributed by atoms with Crippen LogP contribution in [0.2, 0.25) is 0 Å². The van der Waals surface area contributed by atoms with E-state index < -0.39 is 0 Å². The van der Waals surface area contributed by atoms with Crippen LogP contribution in [0.5, 0.6) is 0 Å². The molecule has 2 aliphatic rings. The first-order valence-corrected chi connectivity index (χ1v) is 8.97. The van der Waals surface area contributed by atoms with Crippen LogP contribution >= 0.6 is 0 Å². The van der Waals surface area contributed by atoms with E-state index in [2.05, 4.69) is 19.8 Å². The summed E-state index contributed by atoms with van der Waals surface area (Å²) in [6.07, 6.45) is 2.71. The van der Waals surface area contributed by atoms with E-state index in [1.807, 2.05) is 18.3 Å². The average molecular weight is 353 g/mol. The summed E-state index contributed by atoms with van der Waals surface area (Å²) in [6.45, 7) is 4.65. The van der Waals surface area contributed by atoms with E-state index in [1.54, 1.807) is 6.07 Å². The maximum atomic E-state index is 13.7. The molecule has 5 rings (SSSR count). The van der Waals surface area contributed by atoms with Gasteiger partial charge in [0.05, 0.1) is 13.2 Å². The molecule has 2 aromatic heterocycles. The van der Waals surface area contributed by atoms with E-state index in [4.69, 9.17) is 9.72 Å². The van der Waals surface area contributed by atoms with Crippen molar-refractivity contribution >= 4 is 22.7 Å². The molecular formula is C19H20FN5O. The Morgan fingerprint density at radius 3 is 2.85 bits per heavy atom. The molecule has 0 atom stereocenters. The van der Waals surface area contributed by atoms with Crippen molar-refractivity contribution in [3.8, 4) is 0 Å². The molecule has 0 bridgehead atoms. The number of benzene rings is 1. The highest BCUT2D eigenvalue weighted by Gasteiger charge is 2.23. The zero-order valence-electron chi connectivity index (χ0n) is 14.4. The van der Waals surface area contributed by atoms with Gasteiger partial charge in [0.1, 0.15) is 11.6 Å². The molecule has 1 N–H and O–H groups in total. The predicted octanol–water partition coefficient (Wildman–Crippen LogP) is 2.50. The first kappa shape index (κ1) is 15.6. The lowest BCUT2D eigenvalue weighted by Gasteiger charge is -2.30. The fraction of sp³-hybridized carbons (Fsp3) is 0.368. The van der Waals surface area contributed by atoms with Crippen LogP contribution in [-0.2, 0) is 17.7 Å². The van der Waals surface area contributed by atoms with Gasteiger partial charge < -0.3 is 19.5 Å². The van der Waals surface area contributed by atoms with Gasteiger partial charge in [-0.15, -0.1) is 0 Å². The second-order valence-corrected chi connectivity index (χ2v) is 6.76. The summed E-state index contributed by atoms with van der Waals surface area (Å²) >= 11 is 0. The van der Waals surface area contributed by atoms with Gasteiger partial charge in [-0.2, -0.15) is 4.98 Å². The number of aromatic nitrogens is 3. The van der Waals surface area contributed by atoms with E-state index >= 15 is 0 Å². The summed E-state index contributed by atoms with van der Waals surface area (Å²) in [5.41, 5.74) is 3.36. The third-order valence-electron chi connectivity index (χ3n) is 5.18. The smallest absolute Gasteiger partial charge is 0.227 e. The van der Waals surface area contributed by atoms with Gasteiger partial charge in [-0.25, -0.2) is 9.37 Å². The Bertz CT molecular complexity index is 950. The standard InChI is InChI=1S/C19H20FN5O/c20-13-1-2-16-14(11-13)15-12-25(6-4-17(15)22-16)18-3-5-21-19(23-18)24-7-9-26-10-8-24/h1-3,5,11,22H,4,6-10,12H2. The van der Waals surface area contributed by atoms with Crippen LogP contribution in [0, 0.1) is 5.82 Å². The number of rotatable bonds is 2. The van der Waals surface area contributed by atoms with Crippen molar-refractivity contribution in [2.75, 3.05) is 42.6 Å². The quantitative estimate of drug-likeness (QED) is 0.767. The van der Waals surface area contributed by atoms with Crippen LogP contribution in [-0.4, -0.2) is 47.8 Å². The van der Waals surface area contributed by atoms with Crippen LogP contribution in [0.1, 0.15) is 11.3 Å². The fourth-order valence-electron chi connectivity index (χ4n) is 3.81. The lowest BCUT2D eigenvalue weighted by Crippen LogP contribution is -2.38. The predicted molar refractivity (Wildman–Crippen MR) is 98.1 cm³/mol. The molecule has 1 aromatic carbocycles. The maximum absolute atomic E-state index is 13.7. The Labute approximate surface area is 150 Å². The zero-order valence-corrected chi connectivity index (χ0v) is 14.4. The molecule has 2 aliphatic heterocycles. The van der Waals surface area contributed by atoms with Crippen LogP contribution in [0.4, 0.5) is 16.2 Å². The SMILES string of the molecule is Fc1ccc2[nH]c3c(c2c1)CN(c1ccnc(N2CCOCC2)n1)CC3. The Morgan fingerprint density at radius 1 is 1.08 bits per heavy atom. The van der Waals surface area contributed by atoms with E-state index in [0.29, 0.717) is 13.2 Å². The number of fused-ring (bicyclic) bond motifs is 3. The summed E-state index contributed by atoms with van der Waals surface area (Å²) in [4.78, 5) is 17.0. The second kappa shape index (κ2) is 6.25. The molecule has 26 heavy (non-hydrogen) atoms. The molecule has 0 amide bonds. The minimum absolute atomic E-state index is 0.201. The molecule has 0 saturated carbocycles. The Hall–Kier alpha value is -2.67. The van der Waals surface area contributed by atoms with Gasteiger partial charge >= 0.3 is 0 Å². The molecule has 134 valence electrons. The van der Waals surface area contributed by atoms with E-state index in [0.717, 1.165) is 60.8 Å². The van der Waals surface area contributed by atoms with Crippen molar-refractivity contribution in [3.05, 3.63) is 47.5 Å². The Kier molecular flexibility index (Phi) is 3.74. The van der Waals surface area contributed by atoms with Crippen molar-refractivity contribution in [3.63, 3.8) is 0 Å². The summed E-state index contributed by atoms with van der Waals surface area (Å²) in [5.74, 6) is 1.47. The van der Waals surface area contributed by atoms with E-state index in [1.165, 1.54) is 11.8 Å². The first-order chi connectivity index (χ1) is 12.8. The van der Waals surface area contributed by atoms with Crippen molar-refractivity contribution < 1.29 is 9.13 Å². The molecule has 3 aromatic rings. The Morgan fingerprint density at radius 2 is 1.96 bits per heavy atom. The van der Waals surface area contributed by atoms with Gasteiger partial charge in [-0.1, -0.05) is 0 Å². The number of H-pyrrole nitrogens is 1. The third-order valence-corrected chi connectivity index (χ3v) is 5.18. The van der Waals surface area contributed by atoms with Crippen molar-refractivity contribution in [2.45, 2.75) is 13.0 Å². The number of halogens is 1. The number of anilines is 2. The van der Waals surface area contributed by atoms with Crippen LogP contribution < -0.4 is 9.80 Å². The molecule has 0 aliphatic carbocycles. The van der Waals surface area contributed by atoms with Gasteiger partial charge in [0.15, 0.2) is 0 Å².